The summed E-state index contributed by atoms with van der Waals surface area (Å²) in [5.74, 6) is -0.102. The highest BCUT2D eigenvalue weighted by Crippen LogP contribution is 2.29. The number of amides is 1. The second-order valence-corrected chi connectivity index (χ2v) is 9.11. The van der Waals surface area contributed by atoms with Gasteiger partial charge in [-0.25, -0.2) is 8.42 Å². The van der Waals surface area contributed by atoms with E-state index >= 15 is 0 Å². The summed E-state index contributed by atoms with van der Waals surface area (Å²) >= 11 is 0. The van der Waals surface area contributed by atoms with Gasteiger partial charge in [0.2, 0.25) is 15.9 Å². The lowest BCUT2D eigenvalue weighted by Gasteiger charge is -2.40. The van der Waals surface area contributed by atoms with E-state index < -0.39 is 20.5 Å². The molecule has 9 nitrogen and oxygen atoms in total. The molecule has 1 saturated heterocycles. The number of hydrogen-bond donors (Lipinski definition) is 1. The van der Waals surface area contributed by atoms with E-state index in [-0.39, 0.29) is 55.1 Å². The average Bonchev–Trinajstić information content (AvgIpc) is 2.68. The fourth-order valence-electron chi connectivity index (χ4n) is 3.75. The zero-order valence-electron chi connectivity index (χ0n) is 15.5. The summed E-state index contributed by atoms with van der Waals surface area (Å²) < 4.78 is 26.8. The predicted molar refractivity (Wildman–Crippen MR) is 106 cm³/mol. The minimum Gasteiger partial charge on any atom is -0.338 e. The standard InChI is InChI=1S/C17H24N4O5S.ClH/c18-17(7-2-1-3-8-17)16(22)19-9-11-20(12-10-19)27(25,26)15-6-4-5-14(13-15)21(23)24;/h4-6,13H,1-3,7-12,18H2;1H. The number of rotatable bonds is 4. The monoisotopic (exact) mass is 432 g/mol. The van der Waals surface area contributed by atoms with Crippen LogP contribution in [-0.4, -0.2) is 60.2 Å². The van der Waals surface area contributed by atoms with Crippen molar-refractivity contribution in [3.8, 4) is 0 Å². The predicted octanol–water partition coefficient (Wildman–Crippen LogP) is 1.51. The molecule has 0 unspecified atom stereocenters. The molecular weight excluding hydrogens is 408 g/mol. The summed E-state index contributed by atoms with van der Waals surface area (Å²) in [6.45, 7) is 0.831. The summed E-state index contributed by atoms with van der Waals surface area (Å²) in [6.07, 6.45) is 4.28. The summed E-state index contributed by atoms with van der Waals surface area (Å²) in [7, 11) is -3.85. The van der Waals surface area contributed by atoms with Crippen molar-refractivity contribution in [3.63, 3.8) is 0 Å². The Hall–Kier alpha value is -1.75. The maximum atomic E-state index is 12.8. The third-order valence-electron chi connectivity index (χ3n) is 5.36. The van der Waals surface area contributed by atoms with Crippen LogP contribution in [0.4, 0.5) is 5.69 Å². The van der Waals surface area contributed by atoms with Crippen molar-refractivity contribution in [2.24, 2.45) is 5.73 Å². The van der Waals surface area contributed by atoms with Gasteiger partial charge in [0.25, 0.3) is 5.69 Å². The second kappa shape index (κ2) is 8.73. The van der Waals surface area contributed by atoms with Gasteiger partial charge >= 0.3 is 0 Å². The SMILES string of the molecule is Cl.NC1(C(=O)N2CCN(S(=O)(=O)c3cccc([N+](=O)[O-])c3)CC2)CCCCC1. The van der Waals surface area contributed by atoms with Gasteiger partial charge in [-0.05, 0) is 18.9 Å². The zero-order valence-corrected chi connectivity index (χ0v) is 17.1. The van der Waals surface area contributed by atoms with Crippen molar-refractivity contribution in [1.82, 2.24) is 9.21 Å². The molecular formula is C17H25ClN4O5S. The molecule has 0 spiro atoms. The fraction of sp³-hybridized carbons (Fsp3) is 0.588. The largest absolute Gasteiger partial charge is 0.338 e. The van der Waals surface area contributed by atoms with Crippen molar-refractivity contribution < 1.29 is 18.1 Å². The van der Waals surface area contributed by atoms with Crippen molar-refractivity contribution in [2.45, 2.75) is 42.5 Å². The van der Waals surface area contributed by atoms with Gasteiger partial charge in [-0.3, -0.25) is 14.9 Å². The van der Waals surface area contributed by atoms with E-state index in [1.54, 1.807) is 4.90 Å². The third kappa shape index (κ3) is 4.45. The van der Waals surface area contributed by atoms with E-state index in [9.17, 15) is 23.3 Å². The van der Waals surface area contributed by atoms with E-state index in [1.165, 1.54) is 22.5 Å². The van der Waals surface area contributed by atoms with Gasteiger partial charge in [0.15, 0.2) is 0 Å². The first-order valence-electron chi connectivity index (χ1n) is 9.07. The van der Waals surface area contributed by atoms with E-state index in [4.69, 9.17) is 5.73 Å². The second-order valence-electron chi connectivity index (χ2n) is 7.17. The quantitative estimate of drug-likeness (QED) is 0.567. The maximum absolute atomic E-state index is 12.8. The number of sulfonamides is 1. The first kappa shape index (κ1) is 22.5. The number of halogens is 1. The van der Waals surface area contributed by atoms with Gasteiger partial charge in [0.05, 0.1) is 15.4 Å². The number of piperazine rings is 1. The molecule has 0 aromatic heterocycles. The van der Waals surface area contributed by atoms with Gasteiger partial charge in [-0.15, -0.1) is 12.4 Å². The number of nitro groups is 1. The van der Waals surface area contributed by atoms with E-state index in [0.717, 1.165) is 25.3 Å². The Labute approximate surface area is 170 Å². The van der Waals surface area contributed by atoms with Crippen LogP contribution in [0.25, 0.3) is 0 Å². The molecule has 3 rings (SSSR count). The number of hydrogen-bond acceptors (Lipinski definition) is 6. The Morgan fingerprint density at radius 2 is 1.71 bits per heavy atom. The summed E-state index contributed by atoms with van der Waals surface area (Å²) in [6, 6.07) is 5.01. The smallest absolute Gasteiger partial charge is 0.270 e. The van der Waals surface area contributed by atoms with E-state index in [2.05, 4.69) is 0 Å². The molecule has 1 saturated carbocycles. The Kier molecular flexibility index (Phi) is 7.02. The normalized spacial score (nSPS) is 20.2. The number of carbonyl (C=O) groups excluding carboxylic acids is 1. The molecule has 2 fully saturated rings. The first-order chi connectivity index (χ1) is 12.7. The van der Waals surface area contributed by atoms with Crippen LogP contribution in [0.3, 0.4) is 0 Å². The number of non-ortho nitro benzene ring substituents is 1. The molecule has 28 heavy (non-hydrogen) atoms. The van der Waals surface area contributed by atoms with E-state index in [1.807, 2.05) is 0 Å². The van der Waals surface area contributed by atoms with Crippen molar-refractivity contribution in [2.75, 3.05) is 26.2 Å². The molecule has 156 valence electrons. The number of nitro benzene ring substituents is 1. The third-order valence-corrected chi connectivity index (χ3v) is 7.26. The molecule has 1 aromatic rings. The van der Waals surface area contributed by atoms with Gasteiger partial charge in [0.1, 0.15) is 0 Å². The minimum absolute atomic E-state index is 0. The molecule has 0 bridgehead atoms. The highest BCUT2D eigenvalue weighted by Gasteiger charge is 2.40. The van der Waals surface area contributed by atoms with Crippen LogP contribution in [0, 0.1) is 10.1 Å². The molecule has 0 radical (unpaired) electrons. The molecule has 2 N–H and O–H groups in total. The van der Waals surface area contributed by atoms with Crippen LogP contribution in [0.1, 0.15) is 32.1 Å². The van der Waals surface area contributed by atoms with Crippen molar-refractivity contribution >= 4 is 34.0 Å². The van der Waals surface area contributed by atoms with E-state index in [0.29, 0.717) is 12.8 Å². The number of carbonyl (C=O) groups is 1. The lowest BCUT2D eigenvalue weighted by Crippen LogP contribution is -2.60. The summed E-state index contributed by atoms with van der Waals surface area (Å²) in [5.41, 5.74) is 5.20. The summed E-state index contributed by atoms with van der Waals surface area (Å²) in [4.78, 5) is 24.6. The lowest BCUT2D eigenvalue weighted by atomic mass is 9.81. The molecule has 1 aliphatic carbocycles. The van der Waals surface area contributed by atoms with Crippen molar-refractivity contribution in [3.05, 3.63) is 34.4 Å². The molecule has 1 aromatic carbocycles. The van der Waals surface area contributed by atoms with Gasteiger partial charge in [-0.2, -0.15) is 4.31 Å². The number of nitrogens with two attached hydrogens (primary N) is 1. The van der Waals surface area contributed by atoms with Crippen LogP contribution in [0.15, 0.2) is 29.2 Å². The first-order valence-corrected chi connectivity index (χ1v) is 10.5. The molecule has 11 heteroatoms. The Morgan fingerprint density at radius 3 is 2.29 bits per heavy atom. The molecule has 2 aliphatic rings. The Balaban J connectivity index is 0.00000280. The molecule has 1 amide bonds. The zero-order chi connectivity index (χ0) is 19.7. The number of nitrogens with zero attached hydrogens (tertiary/aromatic N) is 3. The van der Waals surface area contributed by atoms with Crippen LogP contribution in [-0.2, 0) is 14.8 Å². The van der Waals surface area contributed by atoms with Crippen molar-refractivity contribution in [1.29, 1.82) is 0 Å². The van der Waals surface area contributed by atoms with Crippen LogP contribution in [0.5, 0.6) is 0 Å². The molecule has 0 atom stereocenters. The average molecular weight is 433 g/mol. The van der Waals surface area contributed by atoms with Crippen LogP contribution in [0.2, 0.25) is 0 Å². The van der Waals surface area contributed by atoms with Crippen LogP contribution < -0.4 is 5.73 Å². The Morgan fingerprint density at radius 1 is 1.11 bits per heavy atom. The molecule has 1 aliphatic heterocycles. The lowest BCUT2D eigenvalue weighted by molar-refractivity contribution is -0.385. The summed E-state index contributed by atoms with van der Waals surface area (Å²) in [5, 5.41) is 10.9. The number of benzene rings is 1. The molecule has 1 heterocycles. The van der Waals surface area contributed by atoms with Crippen LogP contribution >= 0.6 is 12.4 Å². The Bertz CT molecular complexity index is 834. The maximum Gasteiger partial charge on any atom is 0.270 e. The van der Waals surface area contributed by atoms with Gasteiger partial charge in [-0.1, -0.05) is 25.3 Å². The minimum atomic E-state index is -3.85. The highest BCUT2D eigenvalue weighted by atomic mass is 35.5. The topological polar surface area (TPSA) is 127 Å². The fourth-order valence-corrected chi connectivity index (χ4v) is 5.21. The van der Waals surface area contributed by atoms with Gasteiger partial charge < -0.3 is 10.6 Å². The van der Waals surface area contributed by atoms with Gasteiger partial charge in [0, 0.05) is 38.3 Å². The highest BCUT2D eigenvalue weighted by molar-refractivity contribution is 7.89.